The van der Waals surface area contributed by atoms with E-state index in [1.807, 2.05) is 42.5 Å². The smallest absolute Gasteiger partial charge is 0.260 e. The molecule has 16 nitrogen and oxygen atoms in total. The summed E-state index contributed by atoms with van der Waals surface area (Å²) in [6.45, 7) is 14.0. The first-order valence-electron chi connectivity index (χ1n) is 22.0. The number of fused-ring (bicyclic) bond motifs is 2. The van der Waals surface area contributed by atoms with Gasteiger partial charge in [-0.1, -0.05) is 36.4 Å². The molecular formula is C48H54N4O12. The van der Waals surface area contributed by atoms with Crippen molar-refractivity contribution in [3.8, 4) is 6.07 Å². The Morgan fingerprint density at radius 1 is 0.531 bits per heavy atom. The Balaban J connectivity index is 0.912. The third-order valence-corrected chi connectivity index (χ3v) is 11.4. The molecule has 2 heterocycles. The minimum atomic E-state index is -0.626. The van der Waals surface area contributed by atoms with Gasteiger partial charge in [0.15, 0.2) is 0 Å². The molecule has 0 bridgehead atoms. The van der Waals surface area contributed by atoms with Crippen molar-refractivity contribution in [3.05, 3.63) is 81.2 Å². The van der Waals surface area contributed by atoms with Gasteiger partial charge in [0.2, 0.25) is 18.4 Å². The predicted octanol–water partition coefficient (Wildman–Crippen LogP) is 4.92. The number of hydrogen-bond donors (Lipinski definition) is 0. The Labute approximate surface area is 372 Å². The van der Waals surface area contributed by atoms with Crippen LogP contribution in [0, 0.1) is 17.9 Å². The van der Waals surface area contributed by atoms with Crippen LogP contribution in [0.1, 0.15) is 74.1 Å². The second-order valence-electron chi connectivity index (χ2n) is 15.4. The second kappa shape index (κ2) is 23.5. The van der Waals surface area contributed by atoms with Gasteiger partial charge in [0.25, 0.3) is 11.8 Å². The number of ether oxygens (including phenoxy) is 8. The molecule has 338 valence electrons. The van der Waals surface area contributed by atoms with Crippen LogP contribution >= 0.6 is 0 Å². The van der Waals surface area contributed by atoms with E-state index in [2.05, 4.69) is 4.85 Å². The van der Waals surface area contributed by atoms with Gasteiger partial charge in [-0.25, -0.2) is 6.57 Å². The number of imide groups is 2. The first-order chi connectivity index (χ1) is 31.5. The Morgan fingerprint density at radius 2 is 0.906 bits per heavy atom. The fourth-order valence-corrected chi connectivity index (χ4v) is 8.54. The highest BCUT2D eigenvalue weighted by molar-refractivity contribution is 6.26. The van der Waals surface area contributed by atoms with Crippen LogP contribution < -0.4 is 0 Å². The van der Waals surface area contributed by atoms with E-state index in [1.54, 1.807) is 12.1 Å². The molecule has 0 N–H and O–H groups in total. The monoisotopic (exact) mass is 878 g/mol. The van der Waals surface area contributed by atoms with Crippen LogP contribution in [-0.4, -0.2) is 159 Å². The summed E-state index contributed by atoms with van der Waals surface area (Å²) in [5.74, 6) is -2.47. The van der Waals surface area contributed by atoms with Crippen LogP contribution in [0.25, 0.3) is 38.5 Å². The standard InChI is InChI=1S/C48H54N4O12/c1-50-14-20-60-24-28-64-32-31-63-27-23-59-19-4-16-52-47(55)39-11-7-35-33-5-9-37-43-38(10-6-34(41(33)43)36-8-12-40(48(52)56)44(39)42(35)36)46(54)51(45(37)53)15-3-18-58-22-26-62-30-29-61-25-21-57-17-2-13-49/h5-12,37,39H,2-4,14-32H2. The fourth-order valence-electron chi connectivity index (χ4n) is 8.54. The number of nitrogens with zero attached hydrogens (tertiary/aromatic N) is 4. The third-order valence-electron chi connectivity index (χ3n) is 11.4. The lowest BCUT2D eigenvalue weighted by Gasteiger charge is -2.37. The fraction of sp³-hybridized carbons (Fsp3) is 0.500. The van der Waals surface area contributed by atoms with Gasteiger partial charge in [0.05, 0.1) is 110 Å². The Hall–Kier alpha value is -5.40. The Bertz CT molecular complexity index is 2170. The topological polar surface area (TPSA) is 177 Å². The van der Waals surface area contributed by atoms with Gasteiger partial charge < -0.3 is 42.7 Å². The van der Waals surface area contributed by atoms with Gasteiger partial charge in [-0.3, -0.25) is 29.0 Å². The summed E-state index contributed by atoms with van der Waals surface area (Å²) in [6.07, 6.45) is 8.93. The molecule has 7 rings (SSSR count). The highest BCUT2D eigenvalue weighted by Gasteiger charge is 2.43. The normalized spacial score (nSPS) is 17.0. The van der Waals surface area contributed by atoms with Crippen LogP contribution in [0.4, 0.5) is 0 Å². The first-order valence-corrected chi connectivity index (χ1v) is 22.0. The second-order valence-corrected chi connectivity index (χ2v) is 15.4. The van der Waals surface area contributed by atoms with Crippen molar-refractivity contribution in [2.45, 2.75) is 31.1 Å². The highest BCUT2D eigenvalue weighted by Crippen LogP contribution is 2.50. The number of hydrogen-bond acceptors (Lipinski definition) is 13. The van der Waals surface area contributed by atoms with E-state index in [1.165, 1.54) is 9.80 Å². The van der Waals surface area contributed by atoms with E-state index < -0.39 is 11.8 Å². The van der Waals surface area contributed by atoms with Crippen LogP contribution in [-0.2, 0) is 47.5 Å². The molecule has 4 amide bonds. The van der Waals surface area contributed by atoms with Crippen molar-refractivity contribution in [2.75, 3.05) is 125 Å². The van der Waals surface area contributed by atoms with Crippen molar-refractivity contribution in [2.24, 2.45) is 0 Å². The largest absolute Gasteiger partial charge is 0.379 e. The molecular weight excluding hydrogens is 825 g/mol. The van der Waals surface area contributed by atoms with Crippen molar-refractivity contribution < 1.29 is 57.1 Å². The zero-order valence-corrected chi connectivity index (χ0v) is 36.0. The average Bonchev–Trinajstić information content (AvgIpc) is 3.31. The molecule has 0 spiro atoms. The summed E-state index contributed by atoms with van der Waals surface area (Å²) in [7, 11) is 0. The molecule has 3 aromatic carbocycles. The molecule has 2 aliphatic carbocycles. The summed E-state index contributed by atoms with van der Waals surface area (Å²) in [6, 6.07) is 9.47. The summed E-state index contributed by atoms with van der Waals surface area (Å²) in [5.41, 5.74) is 4.11. The highest BCUT2D eigenvalue weighted by atomic mass is 16.6. The third kappa shape index (κ3) is 10.6. The minimum absolute atomic E-state index is 0.221. The molecule has 2 unspecified atom stereocenters. The number of nitriles is 1. The quantitative estimate of drug-likeness (QED) is 0.0382. The number of carbonyl (C=O) groups excluding carboxylic acids is 4. The van der Waals surface area contributed by atoms with E-state index in [0.717, 1.165) is 32.7 Å². The van der Waals surface area contributed by atoms with Crippen LogP contribution in [0.3, 0.4) is 0 Å². The van der Waals surface area contributed by atoms with E-state index in [4.69, 9.17) is 49.7 Å². The van der Waals surface area contributed by atoms with Crippen molar-refractivity contribution in [3.63, 3.8) is 0 Å². The van der Waals surface area contributed by atoms with Gasteiger partial charge in [-0.2, -0.15) is 5.26 Å². The van der Waals surface area contributed by atoms with Crippen LogP contribution in [0.5, 0.6) is 0 Å². The summed E-state index contributed by atoms with van der Waals surface area (Å²) in [4.78, 5) is 61.7. The molecule has 16 heteroatoms. The lowest BCUT2D eigenvalue weighted by atomic mass is 9.73. The Kier molecular flexibility index (Phi) is 17.1. The SMILES string of the molecule is [C-]#[N+]CCOCCOCCOCCOCCCN1C(=O)c2ccc3c4c(c5c6c7c(ccc63)C(=O)N(CCCOCCOCCOCCOCCC#N)C(=O)C7C=C5)C=CC(C1=O)c24. The maximum absolute atomic E-state index is 14.0. The van der Waals surface area contributed by atoms with Gasteiger partial charge in [0, 0.05) is 37.4 Å². The number of rotatable bonds is 30. The van der Waals surface area contributed by atoms with Gasteiger partial charge >= 0.3 is 0 Å². The molecule has 4 aliphatic rings. The predicted molar refractivity (Wildman–Crippen MR) is 235 cm³/mol. The minimum Gasteiger partial charge on any atom is -0.379 e. The van der Waals surface area contributed by atoms with Crippen molar-refractivity contribution in [1.29, 1.82) is 5.26 Å². The molecule has 0 fully saturated rings. The molecule has 0 saturated heterocycles. The van der Waals surface area contributed by atoms with Gasteiger partial charge in [-0.05, 0) is 68.8 Å². The molecule has 2 atom stereocenters. The van der Waals surface area contributed by atoms with Gasteiger partial charge in [0.1, 0.15) is 6.61 Å². The van der Waals surface area contributed by atoms with Crippen LogP contribution in [0.2, 0.25) is 0 Å². The molecule has 0 aromatic heterocycles. The molecule has 0 saturated carbocycles. The summed E-state index contributed by atoms with van der Waals surface area (Å²) in [5, 5.41) is 11.9. The maximum Gasteiger partial charge on any atom is 0.260 e. The maximum atomic E-state index is 14.0. The lowest BCUT2D eigenvalue weighted by molar-refractivity contribution is -0.130. The summed E-state index contributed by atoms with van der Waals surface area (Å²) >= 11 is 0. The number of carbonyl (C=O) groups is 4. The zero-order chi connectivity index (χ0) is 44.7. The van der Waals surface area contributed by atoms with Crippen LogP contribution in [0.15, 0.2) is 36.4 Å². The number of amides is 4. The molecule has 64 heavy (non-hydrogen) atoms. The lowest BCUT2D eigenvalue weighted by Crippen LogP contribution is -2.46. The van der Waals surface area contributed by atoms with Crippen molar-refractivity contribution >= 4 is 57.3 Å². The number of benzene rings is 3. The van der Waals surface area contributed by atoms with Crippen molar-refractivity contribution in [1.82, 2.24) is 9.80 Å². The van der Waals surface area contributed by atoms with E-state index in [-0.39, 0.29) is 36.7 Å². The van der Waals surface area contributed by atoms with E-state index in [9.17, 15) is 19.2 Å². The molecule has 0 radical (unpaired) electrons. The van der Waals surface area contributed by atoms with E-state index in [0.29, 0.717) is 154 Å². The molecule has 3 aromatic rings. The summed E-state index contributed by atoms with van der Waals surface area (Å²) < 4.78 is 43.9. The Morgan fingerprint density at radius 3 is 1.30 bits per heavy atom. The van der Waals surface area contributed by atoms with E-state index >= 15 is 0 Å². The zero-order valence-electron chi connectivity index (χ0n) is 36.0. The van der Waals surface area contributed by atoms with Gasteiger partial charge in [-0.15, -0.1) is 0 Å². The first kappa shape index (κ1) is 46.6. The average molecular weight is 879 g/mol. The molecule has 2 aliphatic heterocycles.